The first-order valence-electron chi connectivity index (χ1n) is 6.68. The Hall–Kier alpha value is -1.30. The number of hydrogen-bond acceptors (Lipinski definition) is 2. The van der Waals surface area contributed by atoms with E-state index in [-0.39, 0.29) is 17.9 Å². The van der Waals surface area contributed by atoms with Crippen LogP contribution in [-0.4, -0.2) is 27.6 Å². The molecule has 1 heterocycles. The van der Waals surface area contributed by atoms with Gasteiger partial charge >= 0.3 is 5.97 Å². The average molecular weight is 345 g/mol. The minimum absolute atomic E-state index is 0.119. The summed E-state index contributed by atoms with van der Waals surface area (Å²) < 4.78 is 2.61. The maximum Gasteiger partial charge on any atom is 0.326 e. The number of carbonyl (C=O) groups is 2. The molecule has 0 aliphatic carbocycles. The van der Waals surface area contributed by atoms with Gasteiger partial charge in [0.1, 0.15) is 11.7 Å². The largest absolute Gasteiger partial charge is 0.480 e. The van der Waals surface area contributed by atoms with Crippen LogP contribution in [0.2, 0.25) is 0 Å². The number of carbonyl (C=O) groups excluding carboxylic acids is 1. The molecule has 1 aromatic heterocycles. The minimum atomic E-state index is -1.01. The molecule has 0 saturated carbocycles. The predicted octanol–water partition coefficient (Wildman–Crippen LogP) is 3.06. The number of halogens is 1. The van der Waals surface area contributed by atoms with Gasteiger partial charge in [0, 0.05) is 16.7 Å². The number of nitrogens with zero attached hydrogens (tertiary/aromatic N) is 1. The Bertz CT molecular complexity index is 497. The molecule has 2 atom stereocenters. The Morgan fingerprint density at radius 3 is 2.45 bits per heavy atom. The van der Waals surface area contributed by atoms with Crippen molar-refractivity contribution in [2.45, 2.75) is 46.2 Å². The van der Waals surface area contributed by atoms with Crippen LogP contribution in [0, 0.1) is 5.92 Å². The lowest BCUT2D eigenvalue weighted by Gasteiger charge is -2.21. The Kier molecular flexibility index (Phi) is 5.80. The molecule has 0 radical (unpaired) electrons. The standard InChI is InChI=1S/C14H21BrN2O3/c1-5-9(4)12(14(19)20)16-13(18)11-6-10(15)7-17(11)8(2)3/h6-9,12H,5H2,1-4H3,(H,16,18)(H,19,20)/t9-,12-/m0/s1. The van der Waals surface area contributed by atoms with Gasteiger partial charge in [-0.3, -0.25) is 4.79 Å². The number of amides is 1. The summed E-state index contributed by atoms with van der Waals surface area (Å²) in [7, 11) is 0. The second-order valence-electron chi connectivity index (χ2n) is 5.22. The van der Waals surface area contributed by atoms with E-state index in [2.05, 4.69) is 21.2 Å². The fourth-order valence-corrected chi connectivity index (χ4v) is 2.39. The van der Waals surface area contributed by atoms with E-state index in [1.807, 2.05) is 38.5 Å². The van der Waals surface area contributed by atoms with Crippen LogP contribution in [0.4, 0.5) is 0 Å². The van der Waals surface area contributed by atoms with E-state index >= 15 is 0 Å². The SMILES string of the molecule is CC[C@H](C)[C@H](NC(=O)c1cc(Br)cn1C(C)C)C(=O)O. The quantitative estimate of drug-likeness (QED) is 0.832. The summed E-state index contributed by atoms with van der Waals surface area (Å²) in [6.45, 7) is 7.65. The number of nitrogens with one attached hydrogen (secondary N) is 1. The second-order valence-corrected chi connectivity index (χ2v) is 6.14. The molecular formula is C14H21BrN2O3. The van der Waals surface area contributed by atoms with Crippen LogP contribution in [-0.2, 0) is 4.79 Å². The van der Waals surface area contributed by atoms with E-state index in [4.69, 9.17) is 0 Å². The molecule has 5 nitrogen and oxygen atoms in total. The lowest BCUT2D eigenvalue weighted by Crippen LogP contribution is -2.45. The lowest BCUT2D eigenvalue weighted by atomic mass is 9.99. The Labute approximate surface area is 127 Å². The smallest absolute Gasteiger partial charge is 0.326 e. The number of rotatable bonds is 6. The highest BCUT2D eigenvalue weighted by Gasteiger charge is 2.27. The van der Waals surface area contributed by atoms with Gasteiger partial charge < -0.3 is 15.0 Å². The second kappa shape index (κ2) is 6.92. The first-order chi connectivity index (χ1) is 9.27. The van der Waals surface area contributed by atoms with Crippen molar-refractivity contribution in [3.8, 4) is 0 Å². The molecule has 112 valence electrons. The number of aliphatic carboxylic acids is 1. The lowest BCUT2D eigenvalue weighted by molar-refractivity contribution is -0.140. The summed E-state index contributed by atoms with van der Waals surface area (Å²) in [6, 6.07) is 0.945. The van der Waals surface area contributed by atoms with Crippen LogP contribution in [0.5, 0.6) is 0 Å². The van der Waals surface area contributed by atoms with E-state index in [9.17, 15) is 14.7 Å². The minimum Gasteiger partial charge on any atom is -0.480 e. The monoisotopic (exact) mass is 344 g/mol. The zero-order chi connectivity index (χ0) is 15.4. The van der Waals surface area contributed by atoms with Crippen LogP contribution in [0.15, 0.2) is 16.7 Å². The zero-order valence-corrected chi connectivity index (χ0v) is 13.8. The first kappa shape index (κ1) is 16.8. The van der Waals surface area contributed by atoms with Crippen molar-refractivity contribution in [1.82, 2.24) is 9.88 Å². The van der Waals surface area contributed by atoms with Crippen molar-refractivity contribution >= 4 is 27.8 Å². The van der Waals surface area contributed by atoms with E-state index < -0.39 is 12.0 Å². The highest BCUT2D eigenvalue weighted by molar-refractivity contribution is 9.10. The molecule has 0 spiro atoms. The van der Waals surface area contributed by atoms with Crippen LogP contribution in [0.3, 0.4) is 0 Å². The van der Waals surface area contributed by atoms with E-state index in [1.165, 1.54) is 0 Å². The van der Waals surface area contributed by atoms with Crippen molar-refractivity contribution in [3.05, 3.63) is 22.4 Å². The maximum absolute atomic E-state index is 12.3. The summed E-state index contributed by atoms with van der Waals surface area (Å²) in [5, 5.41) is 11.8. The van der Waals surface area contributed by atoms with Crippen LogP contribution in [0.1, 0.15) is 50.6 Å². The summed E-state index contributed by atoms with van der Waals surface area (Å²) in [6.07, 6.45) is 2.50. The van der Waals surface area contributed by atoms with Gasteiger partial charge in [0.15, 0.2) is 0 Å². The van der Waals surface area contributed by atoms with Crippen LogP contribution in [0.25, 0.3) is 0 Å². The summed E-state index contributed by atoms with van der Waals surface area (Å²) in [4.78, 5) is 23.6. The van der Waals surface area contributed by atoms with Gasteiger partial charge in [-0.05, 0) is 41.8 Å². The molecule has 2 N–H and O–H groups in total. The third-order valence-electron chi connectivity index (χ3n) is 3.37. The van der Waals surface area contributed by atoms with Crippen molar-refractivity contribution in [2.24, 2.45) is 5.92 Å². The van der Waals surface area contributed by atoms with E-state index in [0.29, 0.717) is 12.1 Å². The molecule has 1 rings (SSSR count). The molecule has 0 saturated heterocycles. The predicted molar refractivity (Wildman–Crippen MR) is 80.9 cm³/mol. The molecule has 0 aliphatic rings. The number of carboxylic acid groups (broad SMARTS) is 1. The van der Waals surface area contributed by atoms with Crippen LogP contribution < -0.4 is 5.32 Å². The fraction of sp³-hybridized carbons (Fsp3) is 0.571. The van der Waals surface area contributed by atoms with Crippen molar-refractivity contribution < 1.29 is 14.7 Å². The third-order valence-corrected chi connectivity index (χ3v) is 3.80. The summed E-state index contributed by atoms with van der Waals surface area (Å²) >= 11 is 3.34. The zero-order valence-electron chi connectivity index (χ0n) is 12.2. The molecule has 0 aromatic carbocycles. The van der Waals surface area contributed by atoms with Crippen molar-refractivity contribution in [3.63, 3.8) is 0 Å². The molecule has 0 aliphatic heterocycles. The fourth-order valence-electron chi connectivity index (χ4n) is 1.95. The van der Waals surface area contributed by atoms with Crippen molar-refractivity contribution in [2.75, 3.05) is 0 Å². The van der Waals surface area contributed by atoms with Gasteiger partial charge in [0.25, 0.3) is 5.91 Å². The Morgan fingerprint density at radius 1 is 1.40 bits per heavy atom. The Morgan fingerprint density at radius 2 is 2.00 bits per heavy atom. The van der Waals surface area contributed by atoms with Crippen LogP contribution >= 0.6 is 15.9 Å². The summed E-state index contributed by atoms with van der Waals surface area (Å²) in [5.41, 5.74) is 0.460. The highest BCUT2D eigenvalue weighted by atomic mass is 79.9. The molecule has 6 heteroatoms. The first-order valence-corrected chi connectivity index (χ1v) is 7.48. The van der Waals surface area contributed by atoms with Gasteiger partial charge in [-0.2, -0.15) is 0 Å². The number of hydrogen-bond donors (Lipinski definition) is 2. The number of aromatic nitrogens is 1. The normalized spacial score (nSPS) is 14.1. The topological polar surface area (TPSA) is 71.3 Å². The molecule has 0 fully saturated rings. The highest BCUT2D eigenvalue weighted by Crippen LogP contribution is 2.20. The van der Waals surface area contributed by atoms with Gasteiger partial charge in [-0.25, -0.2) is 4.79 Å². The van der Waals surface area contributed by atoms with E-state index in [1.54, 1.807) is 6.07 Å². The molecule has 1 amide bonds. The third kappa shape index (κ3) is 3.85. The molecule has 20 heavy (non-hydrogen) atoms. The van der Waals surface area contributed by atoms with Gasteiger partial charge in [0.2, 0.25) is 0 Å². The van der Waals surface area contributed by atoms with Gasteiger partial charge in [0.05, 0.1) is 0 Å². The molecular weight excluding hydrogens is 324 g/mol. The van der Waals surface area contributed by atoms with Crippen molar-refractivity contribution in [1.29, 1.82) is 0 Å². The summed E-state index contributed by atoms with van der Waals surface area (Å²) in [5.74, 6) is -1.49. The number of carboxylic acids is 1. The molecule has 1 aromatic rings. The molecule has 0 bridgehead atoms. The Balaban J connectivity index is 2.98. The maximum atomic E-state index is 12.3. The van der Waals surface area contributed by atoms with E-state index in [0.717, 1.165) is 4.47 Å². The van der Waals surface area contributed by atoms with Gasteiger partial charge in [-0.1, -0.05) is 20.3 Å². The molecule has 0 unspecified atom stereocenters. The van der Waals surface area contributed by atoms with Gasteiger partial charge in [-0.15, -0.1) is 0 Å². The average Bonchev–Trinajstić information content (AvgIpc) is 2.76.